The Kier molecular flexibility index (Phi) is 8.11. The second-order valence-corrected chi connectivity index (χ2v) is 9.05. The number of rotatable bonds is 6. The number of hydrogen-bond acceptors (Lipinski definition) is 0. The minimum Gasteiger partial charge on any atom is -0.207 e. The molecule has 226 valence electrons. The Balaban J connectivity index is 2.52. The zero-order valence-corrected chi connectivity index (χ0v) is 20.5. The minimum atomic E-state index is -5.77. The fraction of sp³-hybridized carbons (Fsp3) is 0.0370. The minimum absolute atomic E-state index is 0.0755. The predicted octanol–water partition coefficient (Wildman–Crippen LogP) is 5.88. The summed E-state index contributed by atoms with van der Waals surface area (Å²) in [5, 5.41) is 0. The van der Waals surface area contributed by atoms with Gasteiger partial charge in [-0.1, -0.05) is 30.3 Å². The van der Waals surface area contributed by atoms with Crippen molar-refractivity contribution in [2.45, 2.75) is 6.42 Å². The standard InChI is InChI=1S/C27H9BF15/c1-2-3-8-4-6-9(7-5-8)28(10-13(29)19(35)25(41)20(36)14(10)30,11-15(31)21(37)26(42)22(38)16(11)32)12-17(33)23(39)27(43)24(40)18(12)34/h2,4-7H,1,3H2/q-1. The Hall–Kier alpha value is -4.37. The van der Waals surface area contributed by atoms with Crippen molar-refractivity contribution in [3.05, 3.63) is 130 Å². The Bertz CT molecular complexity index is 1560. The summed E-state index contributed by atoms with van der Waals surface area (Å²) in [6, 6.07) is 2.54. The molecule has 0 aliphatic carbocycles. The Morgan fingerprint density at radius 1 is 0.395 bits per heavy atom. The summed E-state index contributed by atoms with van der Waals surface area (Å²) in [7, 11) is 0. The Labute approximate surface area is 230 Å². The van der Waals surface area contributed by atoms with Gasteiger partial charge in [-0.15, -0.1) is 23.0 Å². The molecule has 4 rings (SSSR count). The predicted molar refractivity (Wildman–Crippen MR) is 123 cm³/mol. The summed E-state index contributed by atoms with van der Waals surface area (Å²) >= 11 is 0. The van der Waals surface area contributed by atoms with Gasteiger partial charge < -0.3 is 0 Å². The van der Waals surface area contributed by atoms with E-state index < -0.39 is 115 Å². The lowest BCUT2D eigenvalue weighted by molar-refractivity contribution is 0.380. The van der Waals surface area contributed by atoms with Crippen molar-refractivity contribution in [2.75, 3.05) is 0 Å². The molecule has 43 heavy (non-hydrogen) atoms. The third-order valence-corrected chi connectivity index (χ3v) is 6.89. The topological polar surface area (TPSA) is 0 Å². The number of hydrogen-bond donors (Lipinski definition) is 0. The molecule has 0 saturated heterocycles. The molecule has 0 radical (unpaired) electrons. The number of benzene rings is 4. The van der Waals surface area contributed by atoms with Gasteiger partial charge in [0.2, 0.25) is 0 Å². The van der Waals surface area contributed by atoms with E-state index in [-0.39, 0.29) is 12.0 Å². The van der Waals surface area contributed by atoms with E-state index >= 15 is 26.3 Å². The molecule has 0 saturated carbocycles. The highest BCUT2D eigenvalue weighted by Gasteiger charge is 2.48. The van der Waals surface area contributed by atoms with E-state index in [1.54, 1.807) is 0 Å². The van der Waals surface area contributed by atoms with Crippen LogP contribution in [0.5, 0.6) is 0 Å². The van der Waals surface area contributed by atoms with E-state index in [1.165, 1.54) is 6.08 Å². The largest absolute Gasteiger partial charge is 0.207 e. The summed E-state index contributed by atoms with van der Waals surface area (Å²) in [6.45, 7) is 3.37. The lowest BCUT2D eigenvalue weighted by atomic mass is 9.12. The first-order valence-electron chi connectivity index (χ1n) is 11.5. The van der Waals surface area contributed by atoms with Crippen LogP contribution in [-0.4, -0.2) is 6.15 Å². The van der Waals surface area contributed by atoms with E-state index in [9.17, 15) is 39.5 Å². The fourth-order valence-electron chi connectivity index (χ4n) is 5.05. The Morgan fingerprint density at radius 2 is 0.628 bits per heavy atom. The molecule has 0 spiro atoms. The maximum absolute atomic E-state index is 15.5. The second-order valence-electron chi connectivity index (χ2n) is 9.05. The van der Waals surface area contributed by atoms with E-state index in [0.29, 0.717) is 12.1 Å². The molecule has 0 fully saturated rings. The zero-order chi connectivity index (χ0) is 32.3. The van der Waals surface area contributed by atoms with Crippen molar-refractivity contribution in [3.63, 3.8) is 0 Å². The van der Waals surface area contributed by atoms with Crippen LogP contribution in [0, 0.1) is 87.3 Å². The molecule has 0 N–H and O–H groups in total. The summed E-state index contributed by atoms with van der Waals surface area (Å²) in [6.07, 6.45) is -4.62. The van der Waals surface area contributed by atoms with Gasteiger partial charge in [0.05, 0.1) is 0 Å². The van der Waals surface area contributed by atoms with Crippen molar-refractivity contribution in [2.24, 2.45) is 0 Å². The molecule has 0 aliphatic rings. The highest BCUT2D eigenvalue weighted by molar-refractivity contribution is 7.20. The van der Waals surface area contributed by atoms with E-state index in [1.807, 2.05) is 0 Å². The molecule has 0 unspecified atom stereocenters. The van der Waals surface area contributed by atoms with E-state index in [2.05, 4.69) is 6.58 Å². The van der Waals surface area contributed by atoms with Crippen LogP contribution in [0.4, 0.5) is 65.9 Å². The van der Waals surface area contributed by atoms with Crippen LogP contribution in [-0.2, 0) is 6.42 Å². The lowest BCUT2D eigenvalue weighted by Crippen LogP contribution is -2.79. The number of halogens is 15. The first kappa shape index (κ1) is 31.6. The van der Waals surface area contributed by atoms with Crippen molar-refractivity contribution in [1.82, 2.24) is 0 Å². The van der Waals surface area contributed by atoms with Crippen molar-refractivity contribution in [1.29, 1.82) is 0 Å². The summed E-state index contributed by atoms with van der Waals surface area (Å²) < 4.78 is 222. The molecule has 0 bridgehead atoms. The molecule has 0 aliphatic heterocycles. The van der Waals surface area contributed by atoms with Crippen LogP contribution in [0.25, 0.3) is 0 Å². The van der Waals surface area contributed by atoms with Gasteiger partial charge in [-0.2, -0.15) is 5.46 Å². The average Bonchev–Trinajstić information content (AvgIpc) is 2.99. The van der Waals surface area contributed by atoms with Gasteiger partial charge in [0.15, 0.2) is 52.4 Å². The third kappa shape index (κ3) is 4.37. The highest BCUT2D eigenvalue weighted by atomic mass is 19.2. The van der Waals surface area contributed by atoms with Gasteiger partial charge in [0, 0.05) is 0 Å². The average molecular weight is 629 g/mol. The fourth-order valence-corrected chi connectivity index (χ4v) is 5.05. The molecule has 0 atom stereocenters. The first-order chi connectivity index (χ1) is 20.1. The van der Waals surface area contributed by atoms with Gasteiger partial charge in [-0.25, -0.2) is 65.9 Å². The maximum atomic E-state index is 15.5. The van der Waals surface area contributed by atoms with Crippen LogP contribution in [0.15, 0.2) is 36.9 Å². The molecule has 0 nitrogen and oxygen atoms in total. The van der Waals surface area contributed by atoms with Gasteiger partial charge in [0.25, 0.3) is 0 Å². The van der Waals surface area contributed by atoms with Gasteiger partial charge in [-0.05, 0) is 12.0 Å². The van der Waals surface area contributed by atoms with Crippen molar-refractivity contribution < 1.29 is 65.9 Å². The monoisotopic (exact) mass is 629 g/mol. The van der Waals surface area contributed by atoms with E-state index in [0.717, 1.165) is 12.1 Å². The van der Waals surface area contributed by atoms with Gasteiger partial charge >= 0.3 is 0 Å². The molecule has 4 aromatic carbocycles. The zero-order valence-electron chi connectivity index (χ0n) is 20.5. The summed E-state index contributed by atoms with van der Waals surface area (Å²) in [5.74, 6) is -45.6. The second kappa shape index (κ2) is 11.0. The first-order valence-corrected chi connectivity index (χ1v) is 11.5. The molecular weight excluding hydrogens is 620 g/mol. The maximum Gasteiger partial charge on any atom is 0.200 e. The van der Waals surface area contributed by atoms with Crippen molar-refractivity contribution in [3.8, 4) is 0 Å². The van der Waals surface area contributed by atoms with Crippen LogP contribution in [0.3, 0.4) is 0 Å². The van der Waals surface area contributed by atoms with Crippen LogP contribution in [0.1, 0.15) is 5.56 Å². The third-order valence-electron chi connectivity index (χ3n) is 6.89. The molecule has 4 aromatic rings. The summed E-state index contributed by atoms with van der Waals surface area (Å²) in [5.41, 5.74) is -9.32. The lowest BCUT2D eigenvalue weighted by Gasteiger charge is -2.44. The molecule has 0 aromatic heterocycles. The number of allylic oxidation sites excluding steroid dienone is 1. The molecular formula is C27H9BF15-. The quantitative estimate of drug-likeness (QED) is 0.0823. The normalized spacial score (nSPS) is 11.8. The van der Waals surface area contributed by atoms with Crippen molar-refractivity contribution >= 4 is 28.0 Å². The Morgan fingerprint density at radius 3 is 0.860 bits per heavy atom. The smallest absolute Gasteiger partial charge is 0.200 e. The van der Waals surface area contributed by atoms with Gasteiger partial charge in [0.1, 0.15) is 41.0 Å². The highest BCUT2D eigenvalue weighted by Crippen LogP contribution is 2.28. The molecule has 0 heterocycles. The SMILES string of the molecule is C=CCc1ccc([B-](c2c(F)c(F)c(F)c(F)c2F)(c2c(F)c(F)c(F)c(F)c2F)c2c(F)c(F)c(F)c(F)c2F)cc1. The van der Waals surface area contributed by atoms with E-state index in [4.69, 9.17) is 0 Å². The van der Waals surface area contributed by atoms with Crippen LogP contribution < -0.4 is 21.9 Å². The molecule has 0 amide bonds. The van der Waals surface area contributed by atoms with Gasteiger partial charge in [-0.3, -0.25) is 0 Å². The molecule has 16 heteroatoms. The summed E-state index contributed by atoms with van der Waals surface area (Å²) in [4.78, 5) is 0. The van der Waals surface area contributed by atoms with Crippen LogP contribution in [0.2, 0.25) is 0 Å². The van der Waals surface area contributed by atoms with Crippen LogP contribution >= 0.6 is 0 Å².